The first-order chi connectivity index (χ1) is 11.2. The van der Waals surface area contributed by atoms with Crippen molar-refractivity contribution >= 4 is 27.7 Å². The van der Waals surface area contributed by atoms with Gasteiger partial charge in [0.25, 0.3) is 5.22 Å². The molecule has 1 heterocycles. The van der Waals surface area contributed by atoms with E-state index >= 15 is 0 Å². The van der Waals surface area contributed by atoms with Gasteiger partial charge in [-0.2, -0.15) is 0 Å². The van der Waals surface area contributed by atoms with Crippen molar-refractivity contribution in [1.82, 2.24) is 10.2 Å². The lowest BCUT2D eigenvalue weighted by Crippen LogP contribution is -1.90. The Morgan fingerprint density at radius 1 is 1.17 bits per heavy atom. The van der Waals surface area contributed by atoms with Crippen LogP contribution < -0.4 is 4.74 Å². The largest absolute Gasteiger partial charge is 0.494 e. The lowest BCUT2D eigenvalue weighted by molar-refractivity contribution is 0.386. The molecule has 4 nitrogen and oxygen atoms in total. The van der Waals surface area contributed by atoms with E-state index in [0.29, 0.717) is 16.9 Å². The molecule has 0 aliphatic carbocycles. The smallest absolute Gasteiger partial charge is 0.277 e. The summed E-state index contributed by atoms with van der Waals surface area (Å²) in [6.07, 6.45) is 0. The Morgan fingerprint density at radius 2 is 1.96 bits per heavy atom. The third kappa shape index (κ3) is 3.92. The van der Waals surface area contributed by atoms with Crippen molar-refractivity contribution < 1.29 is 13.5 Å². The molecule has 0 aliphatic heterocycles. The molecule has 0 unspecified atom stereocenters. The zero-order chi connectivity index (χ0) is 16.2. The molecule has 0 N–H and O–H groups in total. The van der Waals surface area contributed by atoms with Gasteiger partial charge in [0.15, 0.2) is 11.6 Å². The van der Waals surface area contributed by atoms with Crippen molar-refractivity contribution in [1.29, 1.82) is 0 Å². The minimum Gasteiger partial charge on any atom is -0.494 e. The Balaban J connectivity index is 1.67. The quantitative estimate of drug-likeness (QED) is 0.573. The maximum absolute atomic E-state index is 13.6. The maximum Gasteiger partial charge on any atom is 0.277 e. The third-order valence-electron chi connectivity index (χ3n) is 3.08. The predicted octanol–water partition coefficient (Wildman–Crippen LogP) is 4.94. The van der Waals surface area contributed by atoms with Crippen LogP contribution in [0.2, 0.25) is 0 Å². The predicted molar refractivity (Wildman–Crippen MR) is 89.9 cm³/mol. The summed E-state index contributed by atoms with van der Waals surface area (Å²) in [5.74, 6) is 0.838. The van der Waals surface area contributed by atoms with Crippen LogP contribution in [0.4, 0.5) is 4.39 Å². The van der Waals surface area contributed by atoms with Crippen LogP contribution in [0.15, 0.2) is 56.6 Å². The number of thioether (sulfide) groups is 1. The number of methoxy groups -OCH3 is 1. The second kappa shape index (κ2) is 7.14. The molecule has 0 saturated carbocycles. The van der Waals surface area contributed by atoms with E-state index in [2.05, 4.69) is 26.1 Å². The number of benzene rings is 2. The van der Waals surface area contributed by atoms with Gasteiger partial charge >= 0.3 is 0 Å². The second-order valence-corrected chi connectivity index (χ2v) is 6.48. The first kappa shape index (κ1) is 16.0. The Bertz CT molecular complexity index is 808. The lowest BCUT2D eigenvalue weighted by atomic mass is 10.2. The Kier molecular flexibility index (Phi) is 4.97. The van der Waals surface area contributed by atoms with E-state index in [1.54, 1.807) is 12.1 Å². The van der Waals surface area contributed by atoms with Crippen LogP contribution in [0.25, 0.3) is 11.5 Å². The molecule has 118 valence electrons. The normalized spacial score (nSPS) is 10.7. The van der Waals surface area contributed by atoms with Crippen LogP contribution in [-0.2, 0) is 5.75 Å². The molecule has 0 atom stereocenters. The lowest BCUT2D eigenvalue weighted by Gasteiger charge is -2.03. The molecule has 7 heteroatoms. The van der Waals surface area contributed by atoms with Crippen molar-refractivity contribution in [2.75, 3.05) is 7.11 Å². The second-order valence-electron chi connectivity index (χ2n) is 4.64. The van der Waals surface area contributed by atoms with E-state index in [-0.39, 0.29) is 11.6 Å². The maximum atomic E-state index is 13.6. The summed E-state index contributed by atoms with van der Waals surface area (Å²) >= 11 is 4.74. The zero-order valence-electron chi connectivity index (χ0n) is 12.1. The number of hydrogen-bond acceptors (Lipinski definition) is 5. The van der Waals surface area contributed by atoms with Crippen molar-refractivity contribution in [3.05, 3.63) is 58.3 Å². The average Bonchev–Trinajstić information content (AvgIpc) is 3.03. The molecule has 0 radical (unpaired) electrons. The topological polar surface area (TPSA) is 48.2 Å². The first-order valence-electron chi connectivity index (χ1n) is 6.70. The summed E-state index contributed by atoms with van der Waals surface area (Å²) in [6.45, 7) is 0. The third-order valence-corrected chi connectivity index (χ3v) is 4.49. The number of ether oxygens (including phenoxy) is 1. The first-order valence-corrected chi connectivity index (χ1v) is 8.48. The summed E-state index contributed by atoms with van der Waals surface area (Å²) in [6, 6.07) is 12.5. The van der Waals surface area contributed by atoms with Crippen LogP contribution in [0, 0.1) is 5.82 Å². The van der Waals surface area contributed by atoms with E-state index in [9.17, 15) is 4.39 Å². The minimum atomic E-state index is -0.383. The van der Waals surface area contributed by atoms with Gasteiger partial charge in [-0.3, -0.25) is 0 Å². The van der Waals surface area contributed by atoms with Crippen molar-refractivity contribution in [2.24, 2.45) is 0 Å². The van der Waals surface area contributed by atoms with Crippen LogP contribution in [0.5, 0.6) is 5.75 Å². The van der Waals surface area contributed by atoms with E-state index < -0.39 is 0 Å². The highest BCUT2D eigenvalue weighted by molar-refractivity contribution is 9.10. The van der Waals surface area contributed by atoms with Gasteiger partial charge in [0, 0.05) is 15.8 Å². The molecule has 0 bridgehead atoms. The molecule has 0 saturated heterocycles. The highest BCUT2D eigenvalue weighted by Gasteiger charge is 2.10. The summed E-state index contributed by atoms with van der Waals surface area (Å²) in [4.78, 5) is 0. The molecule has 0 fully saturated rings. The van der Waals surface area contributed by atoms with Crippen LogP contribution in [-0.4, -0.2) is 17.3 Å². The van der Waals surface area contributed by atoms with Gasteiger partial charge in [-0.25, -0.2) is 4.39 Å². The van der Waals surface area contributed by atoms with Gasteiger partial charge < -0.3 is 9.15 Å². The zero-order valence-corrected chi connectivity index (χ0v) is 14.5. The molecule has 3 rings (SSSR count). The monoisotopic (exact) mass is 394 g/mol. The van der Waals surface area contributed by atoms with Crippen LogP contribution in [0.3, 0.4) is 0 Å². The molecule has 0 spiro atoms. The number of aromatic nitrogens is 2. The number of hydrogen-bond donors (Lipinski definition) is 0. The molecule has 1 aromatic heterocycles. The van der Waals surface area contributed by atoms with Crippen LogP contribution >= 0.6 is 27.7 Å². The highest BCUT2D eigenvalue weighted by atomic mass is 79.9. The van der Waals surface area contributed by atoms with Gasteiger partial charge in [-0.05, 0) is 42.0 Å². The summed E-state index contributed by atoms with van der Waals surface area (Å²) in [5, 5.41) is 8.47. The fraction of sp³-hybridized carbons (Fsp3) is 0.125. The molecule has 2 aromatic carbocycles. The molecule has 0 amide bonds. The fourth-order valence-corrected chi connectivity index (χ4v) is 2.89. The van der Waals surface area contributed by atoms with Gasteiger partial charge in [0.2, 0.25) is 5.89 Å². The number of rotatable bonds is 5. The highest BCUT2D eigenvalue weighted by Crippen LogP contribution is 2.27. The van der Waals surface area contributed by atoms with E-state index in [4.69, 9.17) is 9.15 Å². The Morgan fingerprint density at radius 3 is 2.65 bits per heavy atom. The standard InChI is InChI=1S/C16H12BrFN2O2S/c1-21-14-7-2-10(8-13(14)18)9-23-16-20-19-15(22-16)11-3-5-12(17)6-4-11/h2-8H,9H2,1H3. The van der Waals surface area contributed by atoms with Gasteiger partial charge in [0.1, 0.15) is 0 Å². The van der Waals surface area contributed by atoms with E-state index in [1.165, 1.54) is 24.9 Å². The van der Waals surface area contributed by atoms with Crippen molar-refractivity contribution in [3.8, 4) is 17.2 Å². The van der Waals surface area contributed by atoms with E-state index in [1.807, 2.05) is 24.3 Å². The Hall–Kier alpha value is -1.86. The fourth-order valence-electron chi connectivity index (χ4n) is 1.92. The van der Waals surface area contributed by atoms with Gasteiger partial charge in [-0.15, -0.1) is 10.2 Å². The summed E-state index contributed by atoms with van der Waals surface area (Å²) in [5.41, 5.74) is 1.67. The summed E-state index contributed by atoms with van der Waals surface area (Å²) < 4.78 is 25.1. The number of halogens is 2. The number of nitrogens with zero attached hydrogens (tertiary/aromatic N) is 2. The Labute approximate surface area is 145 Å². The van der Waals surface area contributed by atoms with Crippen LogP contribution in [0.1, 0.15) is 5.56 Å². The van der Waals surface area contributed by atoms with Crippen molar-refractivity contribution in [3.63, 3.8) is 0 Å². The average molecular weight is 395 g/mol. The molecule has 3 aromatic rings. The van der Waals surface area contributed by atoms with Gasteiger partial charge in [-0.1, -0.05) is 33.8 Å². The van der Waals surface area contributed by atoms with E-state index in [0.717, 1.165) is 15.6 Å². The SMILES string of the molecule is COc1ccc(CSc2nnc(-c3ccc(Br)cc3)o2)cc1F. The molecule has 23 heavy (non-hydrogen) atoms. The molecule has 0 aliphatic rings. The van der Waals surface area contributed by atoms with Gasteiger partial charge in [0.05, 0.1) is 7.11 Å². The summed E-state index contributed by atoms with van der Waals surface area (Å²) in [7, 11) is 1.44. The van der Waals surface area contributed by atoms with Crippen molar-refractivity contribution in [2.45, 2.75) is 11.0 Å². The minimum absolute atomic E-state index is 0.231. The molecular weight excluding hydrogens is 383 g/mol. The molecular formula is C16H12BrFN2O2S.